The smallest absolute Gasteiger partial charge is 0.322 e. The van der Waals surface area contributed by atoms with Crippen molar-refractivity contribution in [3.63, 3.8) is 0 Å². The monoisotopic (exact) mass is 274 g/mol. The maximum atomic E-state index is 12.3. The maximum absolute atomic E-state index is 12.3. The highest BCUT2D eigenvalue weighted by molar-refractivity contribution is 5.98. The van der Waals surface area contributed by atoms with E-state index in [2.05, 4.69) is 5.32 Å². The van der Waals surface area contributed by atoms with Crippen LogP contribution >= 0.6 is 0 Å². The largest absolute Gasteiger partial charge is 0.480 e. The first kappa shape index (κ1) is 13.8. The molecule has 0 fully saturated rings. The molecule has 1 amide bonds. The van der Waals surface area contributed by atoms with Crippen LogP contribution in [-0.2, 0) is 11.3 Å². The Morgan fingerprint density at radius 3 is 2.65 bits per heavy atom. The van der Waals surface area contributed by atoms with E-state index in [-0.39, 0.29) is 5.56 Å². The van der Waals surface area contributed by atoms with E-state index in [1.165, 1.54) is 6.20 Å². The lowest BCUT2D eigenvalue weighted by Crippen LogP contribution is -2.33. The molecule has 0 saturated carbocycles. The Labute approximate surface area is 114 Å². The van der Waals surface area contributed by atoms with E-state index in [1.807, 2.05) is 13.0 Å². The number of amides is 1. The zero-order valence-electron chi connectivity index (χ0n) is 10.9. The standard InChI is InChI=1S/C14H14N2O4/c1-2-16-8-10(14(20)15-7-12(17)18)13(19)9-5-3-4-6-11(9)16/h3-6,8H,2,7H2,1H3,(H,15,20)(H,17,18). The zero-order valence-corrected chi connectivity index (χ0v) is 10.9. The van der Waals surface area contributed by atoms with Crippen molar-refractivity contribution < 1.29 is 14.7 Å². The number of nitrogens with one attached hydrogen (secondary N) is 1. The number of aromatic nitrogens is 1. The molecule has 0 spiro atoms. The molecule has 0 aliphatic heterocycles. The Morgan fingerprint density at radius 1 is 1.30 bits per heavy atom. The third-order valence-corrected chi connectivity index (χ3v) is 2.97. The minimum Gasteiger partial charge on any atom is -0.480 e. The number of pyridine rings is 1. The number of carboxylic acids is 1. The van der Waals surface area contributed by atoms with E-state index in [0.29, 0.717) is 11.9 Å². The highest BCUT2D eigenvalue weighted by Gasteiger charge is 2.15. The molecule has 6 nitrogen and oxygen atoms in total. The second kappa shape index (κ2) is 5.56. The van der Waals surface area contributed by atoms with Gasteiger partial charge in [0, 0.05) is 18.1 Å². The molecule has 2 N–H and O–H groups in total. The molecule has 1 heterocycles. The van der Waals surface area contributed by atoms with Gasteiger partial charge in [-0.05, 0) is 19.1 Å². The summed E-state index contributed by atoms with van der Waals surface area (Å²) in [6.07, 6.45) is 1.46. The molecule has 0 unspecified atom stereocenters. The van der Waals surface area contributed by atoms with E-state index in [4.69, 9.17) is 5.11 Å². The summed E-state index contributed by atoms with van der Waals surface area (Å²) in [7, 11) is 0. The van der Waals surface area contributed by atoms with Crippen LogP contribution in [0, 0.1) is 0 Å². The SMILES string of the molecule is CCn1cc(C(=O)NCC(=O)O)c(=O)c2ccccc21. The lowest BCUT2D eigenvalue weighted by Gasteiger charge is -2.11. The van der Waals surface area contributed by atoms with Gasteiger partial charge in [0.1, 0.15) is 12.1 Å². The average Bonchev–Trinajstić information content (AvgIpc) is 2.45. The number of carbonyl (C=O) groups is 2. The number of rotatable bonds is 4. The Hall–Kier alpha value is -2.63. The molecule has 0 atom stereocenters. The third kappa shape index (κ3) is 2.54. The van der Waals surface area contributed by atoms with Gasteiger partial charge in [0.2, 0.25) is 5.43 Å². The Bertz CT molecular complexity index is 734. The second-order valence-corrected chi connectivity index (χ2v) is 4.25. The molecule has 0 aliphatic carbocycles. The summed E-state index contributed by atoms with van der Waals surface area (Å²) in [5.74, 6) is -1.83. The number of nitrogens with zero attached hydrogens (tertiary/aromatic N) is 1. The van der Waals surface area contributed by atoms with E-state index in [0.717, 1.165) is 5.52 Å². The lowest BCUT2D eigenvalue weighted by atomic mass is 10.1. The van der Waals surface area contributed by atoms with Gasteiger partial charge in [0.15, 0.2) is 0 Å². The minimum absolute atomic E-state index is 0.0493. The number of aliphatic carboxylic acids is 1. The first-order valence-electron chi connectivity index (χ1n) is 6.16. The molecule has 0 aliphatic rings. The van der Waals surface area contributed by atoms with Gasteiger partial charge in [-0.3, -0.25) is 14.4 Å². The van der Waals surface area contributed by atoms with Crippen molar-refractivity contribution in [1.29, 1.82) is 0 Å². The van der Waals surface area contributed by atoms with Crippen molar-refractivity contribution in [1.82, 2.24) is 9.88 Å². The van der Waals surface area contributed by atoms with Crippen molar-refractivity contribution >= 4 is 22.8 Å². The fourth-order valence-corrected chi connectivity index (χ4v) is 2.02. The highest BCUT2D eigenvalue weighted by atomic mass is 16.4. The summed E-state index contributed by atoms with van der Waals surface area (Å²) >= 11 is 0. The van der Waals surface area contributed by atoms with Crippen LogP contribution in [0.3, 0.4) is 0 Å². The van der Waals surface area contributed by atoms with Crippen LogP contribution in [0.4, 0.5) is 0 Å². The van der Waals surface area contributed by atoms with Gasteiger partial charge in [0.05, 0.1) is 5.52 Å². The maximum Gasteiger partial charge on any atom is 0.322 e. The van der Waals surface area contributed by atoms with E-state index in [9.17, 15) is 14.4 Å². The van der Waals surface area contributed by atoms with Gasteiger partial charge in [-0.1, -0.05) is 12.1 Å². The summed E-state index contributed by atoms with van der Waals surface area (Å²) in [6.45, 7) is 1.98. The molecular formula is C14H14N2O4. The Morgan fingerprint density at radius 2 is 2.00 bits per heavy atom. The molecule has 2 rings (SSSR count). The van der Waals surface area contributed by atoms with E-state index >= 15 is 0 Å². The van der Waals surface area contributed by atoms with Gasteiger partial charge in [-0.2, -0.15) is 0 Å². The van der Waals surface area contributed by atoms with Crippen LogP contribution in [0.5, 0.6) is 0 Å². The molecule has 104 valence electrons. The van der Waals surface area contributed by atoms with Crippen LogP contribution in [0.2, 0.25) is 0 Å². The predicted molar refractivity (Wildman–Crippen MR) is 73.9 cm³/mol. The fraction of sp³-hybridized carbons (Fsp3) is 0.214. The topological polar surface area (TPSA) is 88.4 Å². The number of benzene rings is 1. The van der Waals surface area contributed by atoms with Gasteiger partial charge in [-0.15, -0.1) is 0 Å². The number of para-hydroxylation sites is 1. The summed E-state index contributed by atoms with van der Waals surface area (Å²) < 4.78 is 1.78. The van der Waals surface area contributed by atoms with E-state index in [1.54, 1.807) is 22.8 Å². The molecule has 0 radical (unpaired) electrons. The van der Waals surface area contributed by atoms with Crippen molar-refractivity contribution in [2.75, 3.05) is 6.54 Å². The number of aryl methyl sites for hydroxylation is 1. The summed E-state index contributed by atoms with van der Waals surface area (Å²) in [5, 5.41) is 11.2. The number of carbonyl (C=O) groups excluding carboxylic acids is 1. The van der Waals surface area contributed by atoms with Gasteiger partial charge in [0.25, 0.3) is 5.91 Å². The van der Waals surface area contributed by atoms with Crippen molar-refractivity contribution in [2.45, 2.75) is 13.5 Å². The highest BCUT2D eigenvalue weighted by Crippen LogP contribution is 2.11. The number of fused-ring (bicyclic) bond motifs is 1. The number of carboxylic acid groups (broad SMARTS) is 1. The van der Waals surface area contributed by atoms with Crippen molar-refractivity contribution in [3.05, 3.63) is 46.2 Å². The summed E-state index contributed by atoms with van der Waals surface area (Å²) in [6, 6.07) is 7.00. The Balaban J connectivity index is 2.54. The molecule has 20 heavy (non-hydrogen) atoms. The second-order valence-electron chi connectivity index (χ2n) is 4.25. The molecule has 2 aromatic rings. The van der Waals surface area contributed by atoms with Gasteiger partial charge in [-0.25, -0.2) is 0 Å². The van der Waals surface area contributed by atoms with Crippen LogP contribution < -0.4 is 10.7 Å². The molecule has 1 aromatic heterocycles. The lowest BCUT2D eigenvalue weighted by molar-refractivity contribution is -0.135. The third-order valence-electron chi connectivity index (χ3n) is 2.97. The van der Waals surface area contributed by atoms with Crippen LogP contribution in [0.1, 0.15) is 17.3 Å². The number of hydrogen-bond acceptors (Lipinski definition) is 3. The first-order valence-corrected chi connectivity index (χ1v) is 6.16. The first-order chi connectivity index (χ1) is 9.54. The van der Waals surface area contributed by atoms with Gasteiger partial charge >= 0.3 is 5.97 Å². The Kier molecular flexibility index (Phi) is 3.84. The minimum atomic E-state index is -1.16. The summed E-state index contributed by atoms with van der Waals surface area (Å²) in [4.78, 5) is 34.6. The van der Waals surface area contributed by atoms with Crippen molar-refractivity contribution in [3.8, 4) is 0 Å². The average molecular weight is 274 g/mol. The molecule has 0 saturated heterocycles. The molecule has 0 bridgehead atoms. The summed E-state index contributed by atoms with van der Waals surface area (Å²) in [5.41, 5.74) is 0.301. The van der Waals surface area contributed by atoms with Crippen molar-refractivity contribution in [2.24, 2.45) is 0 Å². The number of hydrogen-bond donors (Lipinski definition) is 2. The van der Waals surface area contributed by atoms with Crippen LogP contribution in [-0.4, -0.2) is 28.1 Å². The zero-order chi connectivity index (χ0) is 14.7. The molecular weight excluding hydrogens is 260 g/mol. The fourth-order valence-electron chi connectivity index (χ4n) is 2.02. The van der Waals surface area contributed by atoms with Crippen LogP contribution in [0.15, 0.2) is 35.3 Å². The molecule has 1 aromatic carbocycles. The van der Waals surface area contributed by atoms with Gasteiger partial charge < -0.3 is 15.0 Å². The normalized spacial score (nSPS) is 10.4. The van der Waals surface area contributed by atoms with Crippen LogP contribution in [0.25, 0.3) is 10.9 Å². The quantitative estimate of drug-likeness (QED) is 0.864. The molecule has 6 heteroatoms. The van der Waals surface area contributed by atoms with E-state index < -0.39 is 23.9 Å². The predicted octanol–water partition coefficient (Wildman–Crippen LogP) is 0.836.